The van der Waals surface area contributed by atoms with Crippen LogP contribution < -0.4 is 5.32 Å². The minimum Gasteiger partial charge on any atom is -0.472 e. The maximum absolute atomic E-state index is 12.6. The lowest BCUT2D eigenvalue weighted by molar-refractivity contribution is 0.0651. The van der Waals surface area contributed by atoms with E-state index in [1.807, 2.05) is 29.1 Å². The van der Waals surface area contributed by atoms with Crippen molar-refractivity contribution < 1.29 is 14.3 Å². The summed E-state index contributed by atoms with van der Waals surface area (Å²) >= 11 is 4.64. The van der Waals surface area contributed by atoms with Crippen LogP contribution in [0.4, 0.5) is 5.69 Å². The highest BCUT2D eigenvalue weighted by molar-refractivity contribution is 9.11. The number of benzene rings is 1. The van der Waals surface area contributed by atoms with Crippen molar-refractivity contribution in [3.05, 3.63) is 51.9 Å². The van der Waals surface area contributed by atoms with Gasteiger partial charge in [0.1, 0.15) is 5.69 Å². The molecule has 0 saturated heterocycles. The summed E-state index contributed by atoms with van der Waals surface area (Å²) in [6, 6.07) is 5.65. The summed E-state index contributed by atoms with van der Waals surface area (Å²) in [5.74, 6) is -0.287. The van der Waals surface area contributed by atoms with E-state index < -0.39 is 5.60 Å². The second-order valence-corrected chi connectivity index (χ2v) is 9.50. The van der Waals surface area contributed by atoms with Crippen LogP contribution in [0.25, 0.3) is 22.0 Å². The number of amides is 1. The highest BCUT2D eigenvalue weighted by Crippen LogP contribution is 2.33. The second kappa shape index (κ2) is 7.74. The molecular formula is C20H19BrN4O3S. The van der Waals surface area contributed by atoms with Crippen LogP contribution in [0.3, 0.4) is 0 Å². The molecule has 0 atom stereocenters. The van der Waals surface area contributed by atoms with Crippen molar-refractivity contribution in [3.63, 3.8) is 0 Å². The predicted octanol–water partition coefficient (Wildman–Crippen LogP) is 4.93. The Labute approximate surface area is 179 Å². The van der Waals surface area contributed by atoms with Gasteiger partial charge in [0.05, 0.1) is 23.6 Å². The van der Waals surface area contributed by atoms with E-state index in [0.29, 0.717) is 28.3 Å². The minimum atomic E-state index is -0.763. The smallest absolute Gasteiger partial charge is 0.275 e. The van der Waals surface area contributed by atoms with Gasteiger partial charge < -0.3 is 14.8 Å². The normalized spacial score (nSPS) is 11.9. The summed E-state index contributed by atoms with van der Waals surface area (Å²) < 4.78 is 7.69. The molecule has 0 saturated carbocycles. The molecule has 150 valence electrons. The molecule has 1 amide bonds. The monoisotopic (exact) mass is 474 g/mol. The van der Waals surface area contributed by atoms with E-state index >= 15 is 0 Å². The molecule has 0 aliphatic rings. The molecule has 9 heteroatoms. The van der Waals surface area contributed by atoms with E-state index in [1.165, 1.54) is 11.3 Å². The van der Waals surface area contributed by atoms with Crippen LogP contribution in [0.1, 0.15) is 30.8 Å². The number of nitrogens with one attached hydrogen (secondary N) is 1. The lowest BCUT2D eigenvalue weighted by Gasteiger charge is -2.16. The van der Waals surface area contributed by atoms with Crippen LogP contribution >= 0.6 is 27.3 Å². The van der Waals surface area contributed by atoms with Gasteiger partial charge in [0.25, 0.3) is 5.91 Å². The minimum absolute atomic E-state index is 0.287. The third kappa shape index (κ3) is 4.58. The van der Waals surface area contributed by atoms with Gasteiger partial charge in [0.2, 0.25) is 0 Å². The number of rotatable bonds is 6. The molecular weight excluding hydrogens is 456 g/mol. The Hall–Kier alpha value is -2.49. The standard InChI is InChI=1S/C20H19BrN4O3S/c1-20(2,27)4-5-25-9-13-7-16(22-18(26)17-11-29-19(21)23-17)14(8-15(13)24-25)12-3-6-28-10-12/h3,6-11,27H,4-5H2,1-2H3,(H,22,26). The van der Waals surface area contributed by atoms with Gasteiger partial charge in [-0.05, 0) is 54.4 Å². The predicted molar refractivity (Wildman–Crippen MR) is 116 cm³/mol. The number of fused-ring (bicyclic) bond motifs is 1. The first-order chi connectivity index (χ1) is 13.8. The maximum Gasteiger partial charge on any atom is 0.275 e. The van der Waals surface area contributed by atoms with Crippen LogP contribution in [-0.2, 0) is 6.54 Å². The van der Waals surface area contributed by atoms with Crippen molar-refractivity contribution in [2.24, 2.45) is 0 Å². The fourth-order valence-electron chi connectivity index (χ4n) is 2.93. The molecule has 3 heterocycles. The number of hydrogen-bond donors (Lipinski definition) is 2. The van der Waals surface area contributed by atoms with Crippen molar-refractivity contribution >= 4 is 49.8 Å². The Kier molecular flexibility index (Phi) is 5.28. The Morgan fingerprint density at radius 2 is 2.24 bits per heavy atom. The number of furan rings is 1. The first-order valence-corrected chi connectivity index (χ1v) is 10.6. The number of carbonyl (C=O) groups excluding carboxylic acids is 1. The molecule has 4 aromatic rings. The zero-order valence-corrected chi connectivity index (χ0v) is 18.2. The second-order valence-electron chi connectivity index (χ2n) is 7.36. The summed E-state index contributed by atoms with van der Waals surface area (Å²) in [6.07, 6.45) is 5.71. The molecule has 4 rings (SSSR count). The molecule has 7 nitrogen and oxygen atoms in total. The molecule has 29 heavy (non-hydrogen) atoms. The van der Waals surface area contributed by atoms with Gasteiger partial charge >= 0.3 is 0 Å². The van der Waals surface area contributed by atoms with Crippen molar-refractivity contribution in [1.29, 1.82) is 0 Å². The van der Waals surface area contributed by atoms with Gasteiger partial charge in [-0.15, -0.1) is 11.3 Å². The highest BCUT2D eigenvalue weighted by atomic mass is 79.9. The van der Waals surface area contributed by atoms with Crippen LogP contribution in [0.15, 0.2) is 50.6 Å². The van der Waals surface area contributed by atoms with E-state index in [1.54, 1.807) is 31.8 Å². The zero-order chi connectivity index (χ0) is 20.6. The third-order valence-electron chi connectivity index (χ3n) is 4.43. The largest absolute Gasteiger partial charge is 0.472 e. The third-order valence-corrected chi connectivity index (χ3v) is 5.80. The number of nitrogens with zero attached hydrogens (tertiary/aromatic N) is 3. The number of hydrogen-bond acceptors (Lipinski definition) is 6. The van der Waals surface area contributed by atoms with Gasteiger partial charge in [0.15, 0.2) is 3.92 Å². The number of aromatic nitrogens is 3. The summed E-state index contributed by atoms with van der Waals surface area (Å²) in [6.45, 7) is 4.14. The molecule has 0 aliphatic carbocycles. The summed E-state index contributed by atoms with van der Waals surface area (Å²) in [7, 11) is 0. The van der Waals surface area contributed by atoms with E-state index in [4.69, 9.17) is 4.42 Å². The maximum atomic E-state index is 12.6. The van der Waals surface area contributed by atoms with E-state index in [9.17, 15) is 9.90 Å². The van der Waals surface area contributed by atoms with Gasteiger partial charge in [-0.3, -0.25) is 9.48 Å². The lowest BCUT2D eigenvalue weighted by Crippen LogP contribution is -2.21. The summed E-state index contributed by atoms with van der Waals surface area (Å²) in [5.41, 5.74) is 2.68. The van der Waals surface area contributed by atoms with Crippen molar-refractivity contribution in [2.75, 3.05) is 5.32 Å². The molecule has 1 aromatic carbocycles. The van der Waals surface area contributed by atoms with Gasteiger partial charge in [0, 0.05) is 40.3 Å². The Morgan fingerprint density at radius 3 is 2.90 bits per heavy atom. The molecule has 0 radical (unpaired) electrons. The van der Waals surface area contributed by atoms with Gasteiger partial charge in [-0.1, -0.05) is 0 Å². The van der Waals surface area contributed by atoms with Crippen LogP contribution in [-0.4, -0.2) is 31.4 Å². The summed E-state index contributed by atoms with van der Waals surface area (Å²) in [5, 5.41) is 20.1. The molecule has 0 fully saturated rings. The average molecular weight is 475 g/mol. The first-order valence-electron chi connectivity index (χ1n) is 8.97. The molecule has 2 N–H and O–H groups in total. The number of anilines is 1. The van der Waals surface area contributed by atoms with Crippen LogP contribution in [0.5, 0.6) is 0 Å². The Morgan fingerprint density at radius 1 is 1.41 bits per heavy atom. The van der Waals surface area contributed by atoms with Crippen molar-refractivity contribution in [1.82, 2.24) is 14.8 Å². The molecule has 0 unspecified atom stereocenters. The molecule has 0 bridgehead atoms. The van der Waals surface area contributed by atoms with Gasteiger partial charge in [-0.25, -0.2) is 4.98 Å². The Bertz CT molecular complexity index is 1160. The fraction of sp³-hybridized carbons (Fsp3) is 0.250. The lowest BCUT2D eigenvalue weighted by atomic mass is 10.0. The first kappa shape index (κ1) is 19.8. The zero-order valence-electron chi connectivity index (χ0n) is 15.8. The van der Waals surface area contributed by atoms with Crippen molar-refractivity contribution in [2.45, 2.75) is 32.4 Å². The number of carbonyl (C=O) groups is 1. The van der Waals surface area contributed by atoms with Crippen molar-refractivity contribution in [3.8, 4) is 11.1 Å². The average Bonchev–Trinajstić information content (AvgIpc) is 3.38. The molecule has 0 aliphatic heterocycles. The topological polar surface area (TPSA) is 93.2 Å². The fourth-order valence-corrected chi connectivity index (χ4v) is 3.92. The molecule has 0 spiro atoms. The highest BCUT2D eigenvalue weighted by Gasteiger charge is 2.17. The number of aryl methyl sites for hydroxylation is 1. The number of aliphatic hydroxyl groups is 1. The van der Waals surface area contributed by atoms with E-state index in [0.717, 1.165) is 22.0 Å². The summed E-state index contributed by atoms with van der Waals surface area (Å²) in [4.78, 5) is 16.8. The van der Waals surface area contributed by atoms with E-state index in [-0.39, 0.29) is 5.91 Å². The van der Waals surface area contributed by atoms with Crippen LogP contribution in [0, 0.1) is 0 Å². The number of halogens is 1. The number of thiazole rings is 1. The Balaban J connectivity index is 1.71. The van der Waals surface area contributed by atoms with Gasteiger partial charge in [-0.2, -0.15) is 5.10 Å². The molecule has 3 aromatic heterocycles. The SMILES string of the molecule is CC(C)(O)CCn1cc2cc(NC(=O)c3csc(Br)n3)c(-c3ccoc3)cc2n1. The van der Waals surface area contributed by atoms with E-state index in [2.05, 4.69) is 31.3 Å². The van der Waals surface area contributed by atoms with Crippen LogP contribution in [0.2, 0.25) is 0 Å². The quantitative estimate of drug-likeness (QED) is 0.413.